The number of anilines is 1. The second kappa shape index (κ2) is 15.0. The topological polar surface area (TPSA) is 205 Å². The molecule has 0 radical (unpaired) electrons. The van der Waals surface area contributed by atoms with Crippen LogP contribution in [0.2, 0.25) is 0 Å². The lowest BCUT2D eigenvalue weighted by Gasteiger charge is -2.27. The summed E-state index contributed by atoms with van der Waals surface area (Å²) in [4.78, 5) is 55.8. The molecule has 1 saturated heterocycles. The zero-order valence-corrected chi connectivity index (χ0v) is 27.7. The maximum absolute atomic E-state index is 14.1. The van der Waals surface area contributed by atoms with Crippen molar-refractivity contribution in [2.24, 2.45) is 0 Å². The lowest BCUT2D eigenvalue weighted by molar-refractivity contribution is -0.149. The molecule has 2 amide bonds. The fourth-order valence-corrected chi connectivity index (χ4v) is 6.31. The molecule has 258 valence electrons. The van der Waals surface area contributed by atoms with Gasteiger partial charge in [0.25, 0.3) is 16.0 Å². The number of carbonyl (C=O) groups is 4. The maximum atomic E-state index is 14.1. The summed E-state index contributed by atoms with van der Waals surface area (Å²) in [6, 6.07) is 9.62. The molecule has 15 heteroatoms. The number of hydrogen-bond donors (Lipinski definition) is 4. The summed E-state index contributed by atoms with van der Waals surface area (Å²) in [5.41, 5.74) is -0.844. The minimum atomic E-state index is -4.68. The number of benzene rings is 2. The van der Waals surface area contributed by atoms with Gasteiger partial charge < -0.3 is 29.7 Å². The third-order valence-electron chi connectivity index (χ3n) is 8.47. The van der Waals surface area contributed by atoms with Crippen molar-refractivity contribution in [1.82, 2.24) is 14.5 Å². The molecule has 1 aromatic heterocycles. The van der Waals surface area contributed by atoms with Crippen LogP contribution in [0, 0.1) is 0 Å². The van der Waals surface area contributed by atoms with Crippen LogP contribution in [0.1, 0.15) is 81.3 Å². The van der Waals surface area contributed by atoms with Gasteiger partial charge in [-0.15, -0.1) is 0 Å². The first-order valence-electron chi connectivity index (χ1n) is 15.6. The quantitative estimate of drug-likeness (QED) is 0.130. The van der Waals surface area contributed by atoms with Crippen LogP contribution in [0.5, 0.6) is 5.75 Å². The number of aromatic nitrogens is 2. The van der Waals surface area contributed by atoms with Crippen molar-refractivity contribution in [3.8, 4) is 5.75 Å². The van der Waals surface area contributed by atoms with Crippen LogP contribution in [0.25, 0.3) is 0 Å². The van der Waals surface area contributed by atoms with E-state index >= 15 is 0 Å². The normalized spacial score (nSPS) is 17.1. The smallest absolute Gasteiger partial charge is 0.326 e. The van der Waals surface area contributed by atoms with Crippen molar-refractivity contribution < 1.29 is 47.1 Å². The molecule has 0 aliphatic carbocycles. The molecule has 4 rings (SSSR count). The molecular weight excluding hydrogens is 644 g/mol. The van der Waals surface area contributed by atoms with E-state index in [1.807, 2.05) is 0 Å². The van der Waals surface area contributed by atoms with Crippen LogP contribution < -0.4 is 10.1 Å². The number of carboxylic acid groups (broad SMARTS) is 2. The minimum Gasteiger partial charge on any atom is -0.488 e. The number of rotatable bonds is 15. The van der Waals surface area contributed by atoms with Crippen LogP contribution in [0.4, 0.5) is 5.82 Å². The molecule has 0 saturated carbocycles. The molecule has 14 nitrogen and oxygen atoms in total. The Bertz CT molecular complexity index is 1750. The molecular formula is C33H40N4O10S. The van der Waals surface area contributed by atoms with E-state index in [-0.39, 0.29) is 24.3 Å². The Hall–Kier alpha value is -4.76. The number of imidazole rings is 1. The predicted octanol–water partition coefficient (Wildman–Crippen LogP) is 4.39. The van der Waals surface area contributed by atoms with Gasteiger partial charge >= 0.3 is 11.9 Å². The molecule has 1 fully saturated rings. The Morgan fingerprint density at radius 2 is 1.73 bits per heavy atom. The van der Waals surface area contributed by atoms with E-state index in [1.165, 1.54) is 40.2 Å². The van der Waals surface area contributed by atoms with Gasteiger partial charge in [0.2, 0.25) is 5.91 Å². The Morgan fingerprint density at radius 3 is 2.35 bits per heavy atom. The zero-order valence-electron chi connectivity index (χ0n) is 26.9. The van der Waals surface area contributed by atoms with Gasteiger partial charge in [-0.2, -0.15) is 8.42 Å². The van der Waals surface area contributed by atoms with Gasteiger partial charge in [0.15, 0.2) is 5.82 Å². The Morgan fingerprint density at radius 1 is 1.04 bits per heavy atom. The summed E-state index contributed by atoms with van der Waals surface area (Å²) >= 11 is 0. The number of nitrogens with zero attached hydrogens (tertiary/aromatic N) is 3. The fraction of sp³-hybridized carbons (Fsp3) is 0.424. The highest BCUT2D eigenvalue weighted by Crippen LogP contribution is 2.31. The number of likely N-dealkylation sites (tertiary alicyclic amines) is 1. The van der Waals surface area contributed by atoms with Crippen molar-refractivity contribution in [3.05, 3.63) is 72.2 Å². The van der Waals surface area contributed by atoms with E-state index in [0.29, 0.717) is 24.2 Å². The molecule has 2 heterocycles. The lowest BCUT2D eigenvalue weighted by atomic mass is 9.85. The SMILES string of the molecule is CCCCCC[C@H](C(=O)N1C[C@@H](Oc2ccc(C(C)(C)C(=O)O)cc2)C[C@H]1C(=O)O)n1cnc(NC(=O)c2ccccc2S(=O)(=O)O)c1. The molecule has 4 N–H and O–H groups in total. The summed E-state index contributed by atoms with van der Waals surface area (Å²) in [6.45, 7) is 5.22. The third-order valence-corrected chi connectivity index (χ3v) is 9.38. The van der Waals surface area contributed by atoms with Crippen LogP contribution >= 0.6 is 0 Å². The number of carboxylic acids is 2. The summed E-state index contributed by atoms with van der Waals surface area (Å²) in [7, 11) is -4.68. The fourth-order valence-electron chi connectivity index (χ4n) is 5.62. The van der Waals surface area contributed by atoms with Gasteiger partial charge in [-0.25, -0.2) is 9.78 Å². The van der Waals surface area contributed by atoms with Gasteiger partial charge in [-0.1, -0.05) is 56.9 Å². The summed E-state index contributed by atoms with van der Waals surface area (Å²) in [6.07, 6.45) is 5.92. The Labute approximate surface area is 278 Å². The van der Waals surface area contributed by atoms with E-state index < -0.39 is 62.4 Å². The highest BCUT2D eigenvalue weighted by molar-refractivity contribution is 7.86. The zero-order chi connectivity index (χ0) is 35.2. The van der Waals surface area contributed by atoms with Crippen LogP contribution in [0.15, 0.2) is 66.0 Å². The highest BCUT2D eigenvalue weighted by Gasteiger charge is 2.43. The largest absolute Gasteiger partial charge is 0.488 e. The van der Waals surface area contributed by atoms with Crippen LogP contribution in [0.3, 0.4) is 0 Å². The van der Waals surface area contributed by atoms with E-state index in [2.05, 4.69) is 17.2 Å². The van der Waals surface area contributed by atoms with Gasteiger partial charge in [-0.05, 0) is 50.1 Å². The number of amides is 2. The lowest BCUT2D eigenvalue weighted by Crippen LogP contribution is -2.44. The molecule has 0 bridgehead atoms. The monoisotopic (exact) mass is 684 g/mol. The average Bonchev–Trinajstić information content (AvgIpc) is 3.68. The van der Waals surface area contributed by atoms with Crippen molar-refractivity contribution in [3.63, 3.8) is 0 Å². The standard InChI is InChI=1S/C33H40N4O10S/c1-4-5-6-7-11-25(36-19-28(34-20-36)35-29(38)24-10-8-9-12-27(24)48(44,45)46)30(39)37-18-23(17-26(37)31(40)41)47-22-15-13-21(14-16-22)33(2,3)32(42)43/h8-10,12-16,19-20,23,25-26H,4-7,11,17-18H2,1-3H3,(H,35,38)(H,40,41)(H,42,43)(H,44,45,46)/t23-,25+,26-/m0/s1. The number of ether oxygens (including phenoxy) is 1. The van der Waals surface area contributed by atoms with E-state index in [1.54, 1.807) is 38.1 Å². The van der Waals surface area contributed by atoms with E-state index in [4.69, 9.17) is 4.74 Å². The highest BCUT2D eigenvalue weighted by atomic mass is 32.2. The van der Waals surface area contributed by atoms with Crippen molar-refractivity contribution in [2.45, 2.75) is 87.8 Å². The summed E-state index contributed by atoms with van der Waals surface area (Å²) < 4.78 is 40.6. The first kappa shape index (κ1) is 36.1. The van der Waals surface area contributed by atoms with Gasteiger partial charge in [0, 0.05) is 12.6 Å². The summed E-state index contributed by atoms with van der Waals surface area (Å²) in [5.74, 6) is -3.05. The van der Waals surface area contributed by atoms with E-state index in [9.17, 15) is 42.4 Å². The first-order chi connectivity index (χ1) is 22.6. The number of carbonyl (C=O) groups excluding carboxylic acids is 2. The van der Waals surface area contributed by atoms with Crippen molar-refractivity contribution in [1.29, 1.82) is 0 Å². The molecule has 2 aromatic carbocycles. The number of unbranched alkanes of at least 4 members (excludes halogenated alkanes) is 3. The Kier molecular flexibility index (Phi) is 11.3. The number of nitrogens with one attached hydrogen (secondary N) is 1. The molecule has 48 heavy (non-hydrogen) atoms. The Balaban J connectivity index is 1.53. The maximum Gasteiger partial charge on any atom is 0.326 e. The van der Waals surface area contributed by atoms with Crippen molar-refractivity contribution in [2.75, 3.05) is 11.9 Å². The molecule has 0 spiro atoms. The third kappa shape index (κ3) is 8.39. The van der Waals surface area contributed by atoms with Crippen LogP contribution in [-0.4, -0.2) is 80.1 Å². The second-order valence-corrected chi connectivity index (χ2v) is 13.7. The first-order valence-corrected chi connectivity index (χ1v) is 17.0. The molecule has 3 aromatic rings. The number of aliphatic carboxylic acids is 2. The van der Waals surface area contributed by atoms with Gasteiger partial charge in [-0.3, -0.25) is 18.9 Å². The van der Waals surface area contributed by atoms with Gasteiger partial charge in [0.05, 0.1) is 23.9 Å². The average molecular weight is 685 g/mol. The minimum absolute atomic E-state index is 0.00562. The molecule has 0 unspecified atom stereocenters. The second-order valence-electron chi connectivity index (χ2n) is 12.3. The van der Waals surface area contributed by atoms with Crippen molar-refractivity contribution >= 4 is 39.7 Å². The van der Waals surface area contributed by atoms with Crippen LogP contribution in [-0.2, 0) is 29.9 Å². The molecule has 1 aliphatic heterocycles. The summed E-state index contributed by atoms with van der Waals surface area (Å²) in [5, 5.41) is 22.1. The van der Waals surface area contributed by atoms with E-state index in [0.717, 1.165) is 25.3 Å². The van der Waals surface area contributed by atoms with Gasteiger partial charge in [0.1, 0.15) is 28.8 Å². The molecule has 1 aliphatic rings. The number of hydrogen-bond acceptors (Lipinski definition) is 8. The molecule has 3 atom stereocenters. The predicted molar refractivity (Wildman–Crippen MR) is 174 cm³/mol.